The third-order valence-corrected chi connectivity index (χ3v) is 4.15. The predicted octanol–water partition coefficient (Wildman–Crippen LogP) is 5.68. The molecule has 0 aliphatic rings. The average Bonchev–Trinajstić information content (AvgIpc) is 2.42. The Balaban J connectivity index is 2.70. The Morgan fingerprint density at radius 3 is 2.43 bits per heavy atom. The fourth-order valence-corrected chi connectivity index (χ4v) is 3.06. The standard InChI is InChI=1S/C18H25BrN2/c1-6-8-20-17-15(18(3,4)5)11-13-10-14(19)9-12(7-2)16(13)21-17/h9-11H,6-8H2,1-5H3,(H,20,21). The van der Waals surface area contributed by atoms with Crippen molar-refractivity contribution in [2.75, 3.05) is 11.9 Å². The molecule has 0 bridgehead atoms. The second kappa shape index (κ2) is 6.35. The van der Waals surface area contributed by atoms with E-state index in [1.54, 1.807) is 0 Å². The number of rotatable bonds is 4. The van der Waals surface area contributed by atoms with Gasteiger partial charge in [-0.2, -0.15) is 0 Å². The summed E-state index contributed by atoms with van der Waals surface area (Å²) >= 11 is 3.62. The van der Waals surface area contributed by atoms with Gasteiger partial charge < -0.3 is 5.32 Å². The van der Waals surface area contributed by atoms with Crippen molar-refractivity contribution in [2.45, 2.75) is 52.9 Å². The molecule has 2 aromatic rings. The summed E-state index contributed by atoms with van der Waals surface area (Å²) in [6.45, 7) is 12.0. The molecule has 0 saturated heterocycles. The molecule has 114 valence electrons. The van der Waals surface area contributed by atoms with Gasteiger partial charge >= 0.3 is 0 Å². The Morgan fingerprint density at radius 2 is 1.86 bits per heavy atom. The average molecular weight is 349 g/mol. The van der Waals surface area contributed by atoms with Crippen molar-refractivity contribution in [3.63, 3.8) is 0 Å². The summed E-state index contributed by atoms with van der Waals surface area (Å²) in [5.74, 6) is 1.04. The van der Waals surface area contributed by atoms with Gasteiger partial charge in [0.15, 0.2) is 0 Å². The highest BCUT2D eigenvalue weighted by atomic mass is 79.9. The quantitative estimate of drug-likeness (QED) is 0.768. The Kier molecular flexibility index (Phi) is 4.92. The summed E-state index contributed by atoms with van der Waals surface area (Å²) in [4.78, 5) is 4.96. The maximum Gasteiger partial charge on any atom is 0.130 e. The van der Waals surface area contributed by atoms with Crippen LogP contribution in [0.1, 0.15) is 52.2 Å². The highest BCUT2D eigenvalue weighted by molar-refractivity contribution is 9.10. The minimum atomic E-state index is 0.0754. The molecule has 0 atom stereocenters. The lowest BCUT2D eigenvalue weighted by Gasteiger charge is -2.24. The lowest BCUT2D eigenvalue weighted by Crippen LogP contribution is -2.17. The van der Waals surface area contributed by atoms with Gasteiger partial charge in [0.2, 0.25) is 0 Å². The van der Waals surface area contributed by atoms with Gasteiger partial charge in [-0.25, -0.2) is 4.98 Å². The number of fused-ring (bicyclic) bond motifs is 1. The third kappa shape index (κ3) is 3.57. The molecule has 0 aliphatic heterocycles. The van der Waals surface area contributed by atoms with Gasteiger partial charge in [-0.3, -0.25) is 0 Å². The van der Waals surface area contributed by atoms with Gasteiger partial charge in [-0.05, 0) is 42.0 Å². The molecule has 0 fully saturated rings. The van der Waals surface area contributed by atoms with Crippen LogP contribution in [0.5, 0.6) is 0 Å². The van der Waals surface area contributed by atoms with Gasteiger partial charge in [-0.15, -0.1) is 0 Å². The van der Waals surface area contributed by atoms with Gasteiger partial charge in [-0.1, -0.05) is 50.5 Å². The van der Waals surface area contributed by atoms with Crippen molar-refractivity contribution in [2.24, 2.45) is 0 Å². The summed E-state index contributed by atoms with van der Waals surface area (Å²) in [6, 6.07) is 6.64. The first-order valence-corrected chi connectivity index (χ1v) is 8.53. The number of nitrogens with one attached hydrogen (secondary N) is 1. The van der Waals surface area contributed by atoms with Gasteiger partial charge in [0, 0.05) is 22.0 Å². The number of anilines is 1. The minimum absolute atomic E-state index is 0.0754. The number of hydrogen-bond donors (Lipinski definition) is 1. The molecule has 2 nitrogen and oxygen atoms in total. The fourth-order valence-electron chi connectivity index (χ4n) is 2.54. The highest BCUT2D eigenvalue weighted by Crippen LogP contribution is 2.33. The first kappa shape index (κ1) is 16.3. The molecule has 0 saturated carbocycles. The molecular formula is C18H25BrN2. The lowest BCUT2D eigenvalue weighted by atomic mass is 9.86. The molecule has 1 heterocycles. The van der Waals surface area contributed by atoms with E-state index < -0.39 is 0 Å². The number of benzene rings is 1. The van der Waals surface area contributed by atoms with Crippen molar-refractivity contribution in [1.82, 2.24) is 4.98 Å². The molecular weight excluding hydrogens is 324 g/mol. The summed E-state index contributed by atoms with van der Waals surface area (Å²) in [5, 5.41) is 4.72. The molecule has 0 unspecified atom stereocenters. The summed E-state index contributed by atoms with van der Waals surface area (Å²) < 4.78 is 1.13. The predicted molar refractivity (Wildman–Crippen MR) is 96.3 cm³/mol. The van der Waals surface area contributed by atoms with Crippen LogP contribution in [0, 0.1) is 0 Å². The van der Waals surface area contributed by atoms with E-state index in [1.807, 2.05) is 0 Å². The Hall–Kier alpha value is -1.09. The van der Waals surface area contributed by atoms with Crippen molar-refractivity contribution >= 4 is 32.7 Å². The van der Waals surface area contributed by atoms with E-state index in [0.717, 1.165) is 35.2 Å². The van der Waals surface area contributed by atoms with Crippen LogP contribution in [0.2, 0.25) is 0 Å². The first-order valence-electron chi connectivity index (χ1n) is 7.74. The largest absolute Gasteiger partial charge is 0.370 e. The number of aryl methyl sites for hydroxylation is 1. The third-order valence-electron chi connectivity index (χ3n) is 3.69. The normalized spacial score (nSPS) is 11.9. The second-order valence-electron chi connectivity index (χ2n) is 6.55. The summed E-state index contributed by atoms with van der Waals surface area (Å²) in [7, 11) is 0. The van der Waals surface area contributed by atoms with Gasteiger partial charge in [0.05, 0.1) is 5.52 Å². The van der Waals surface area contributed by atoms with E-state index in [2.05, 4.69) is 74.1 Å². The Morgan fingerprint density at radius 1 is 1.14 bits per heavy atom. The van der Waals surface area contributed by atoms with E-state index in [-0.39, 0.29) is 5.41 Å². The maximum absolute atomic E-state index is 4.96. The van der Waals surface area contributed by atoms with Crippen LogP contribution < -0.4 is 5.32 Å². The van der Waals surface area contributed by atoms with E-state index >= 15 is 0 Å². The molecule has 0 spiro atoms. The SMILES string of the molecule is CCCNc1nc2c(CC)cc(Br)cc2cc1C(C)(C)C. The number of halogens is 1. The van der Waals surface area contributed by atoms with Crippen molar-refractivity contribution in [3.8, 4) is 0 Å². The molecule has 0 amide bonds. The zero-order valence-corrected chi connectivity index (χ0v) is 15.3. The van der Waals surface area contributed by atoms with Crippen LogP contribution in [-0.2, 0) is 11.8 Å². The van der Waals surface area contributed by atoms with Crippen LogP contribution in [-0.4, -0.2) is 11.5 Å². The van der Waals surface area contributed by atoms with E-state index in [4.69, 9.17) is 4.98 Å². The van der Waals surface area contributed by atoms with Gasteiger partial charge in [0.1, 0.15) is 5.82 Å². The van der Waals surface area contributed by atoms with Crippen molar-refractivity contribution < 1.29 is 0 Å². The summed E-state index contributed by atoms with van der Waals surface area (Å²) in [5.41, 5.74) is 3.77. The molecule has 0 aliphatic carbocycles. The molecule has 1 N–H and O–H groups in total. The van der Waals surface area contributed by atoms with Gasteiger partial charge in [0.25, 0.3) is 0 Å². The molecule has 0 radical (unpaired) electrons. The van der Waals surface area contributed by atoms with E-state index in [9.17, 15) is 0 Å². The summed E-state index contributed by atoms with van der Waals surface area (Å²) in [6.07, 6.45) is 2.09. The number of aromatic nitrogens is 1. The topological polar surface area (TPSA) is 24.9 Å². The number of pyridine rings is 1. The van der Waals surface area contributed by atoms with Crippen molar-refractivity contribution in [1.29, 1.82) is 0 Å². The number of hydrogen-bond acceptors (Lipinski definition) is 2. The number of nitrogens with zero attached hydrogens (tertiary/aromatic N) is 1. The van der Waals surface area contributed by atoms with E-state index in [1.165, 1.54) is 16.5 Å². The Bertz CT molecular complexity index is 642. The monoisotopic (exact) mass is 348 g/mol. The van der Waals surface area contributed by atoms with E-state index in [0.29, 0.717) is 0 Å². The molecule has 3 heteroatoms. The first-order chi connectivity index (χ1) is 9.86. The fraction of sp³-hybridized carbons (Fsp3) is 0.500. The zero-order chi connectivity index (χ0) is 15.6. The smallest absolute Gasteiger partial charge is 0.130 e. The van der Waals surface area contributed by atoms with Crippen LogP contribution in [0.4, 0.5) is 5.82 Å². The maximum atomic E-state index is 4.96. The Labute approximate surface area is 136 Å². The molecule has 2 rings (SSSR count). The van der Waals surface area contributed by atoms with Crippen LogP contribution in [0.25, 0.3) is 10.9 Å². The van der Waals surface area contributed by atoms with Crippen LogP contribution in [0.15, 0.2) is 22.7 Å². The minimum Gasteiger partial charge on any atom is -0.370 e. The lowest BCUT2D eigenvalue weighted by molar-refractivity contribution is 0.590. The van der Waals surface area contributed by atoms with Crippen LogP contribution >= 0.6 is 15.9 Å². The highest BCUT2D eigenvalue weighted by Gasteiger charge is 2.20. The second-order valence-corrected chi connectivity index (χ2v) is 7.47. The zero-order valence-electron chi connectivity index (χ0n) is 13.7. The molecule has 1 aromatic heterocycles. The van der Waals surface area contributed by atoms with Crippen molar-refractivity contribution in [3.05, 3.63) is 33.8 Å². The molecule has 21 heavy (non-hydrogen) atoms. The van der Waals surface area contributed by atoms with Crippen LogP contribution in [0.3, 0.4) is 0 Å². The molecule has 1 aromatic carbocycles.